The fraction of sp³-hybridized carbons (Fsp3) is 0.160. The smallest absolute Gasteiger partial charge is 0.416 e. The number of aromatic nitrogens is 1. The summed E-state index contributed by atoms with van der Waals surface area (Å²) in [6.07, 6.45) is -3.79. The maximum absolute atomic E-state index is 13.7. The Labute approximate surface area is 196 Å². The number of phenols is 1. The van der Waals surface area contributed by atoms with Crippen LogP contribution in [-0.4, -0.2) is 11.7 Å². The third kappa shape index (κ3) is 5.72. The van der Waals surface area contributed by atoms with Crippen molar-refractivity contribution in [3.63, 3.8) is 0 Å². The highest BCUT2D eigenvalue weighted by Crippen LogP contribution is 2.30. The fourth-order valence-corrected chi connectivity index (χ4v) is 4.34. The second-order valence-electron chi connectivity index (χ2n) is 7.74. The summed E-state index contributed by atoms with van der Waals surface area (Å²) < 4.78 is 65.7. The molecule has 1 aromatic heterocycles. The number of thiazole rings is 1. The summed E-state index contributed by atoms with van der Waals surface area (Å²) in [6, 6.07) is 15.4. The molecule has 0 amide bonds. The maximum atomic E-state index is 13.7. The van der Waals surface area contributed by atoms with Crippen molar-refractivity contribution >= 4 is 16.5 Å². The number of nitrogens with one attached hydrogen (secondary N) is 1. The molecule has 4 rings (SSSR count). The number of nitrogens with zero attached hydrogens (tertiary/aromatic N) is 1. The minimum Gasteiger partial charge on any atom is -0.508 e. The Kier molecular flexibility index (Phi) is 6.83. The molecule has 0 aliphatic carbocycles. The lowest BCUT2D eigenvalue weighted by molar-refractivity contribution is -0.344. The molecule has 0 saturated heterocycles. The van der Waals surface area contributed by atoms with E-state index in [4.69, 9.17) is 0 Å². The van der Waals surface area contributed by atoms with Crippen molar-refractivity contribution in [2.24, 2.45) is 0 Å². The minimum absolute atomic E-state index is 0.160. The van der Waals surface area contributed by atoms with Crippen molar-refractivity contribution in [2.75, 3.05) is 11.4 Å². The number of benzene rings is 3. The van der Waals surface area contributed by atoms with Crippen LogP contribution < -0.4 is 9.88 Å². The van der Waals surface area contributed by atoms with Gasteiger partial charge in [-0.15, -0.1) is 0 Å². The normalized spacial score (nSPS) is 11.6. The molecule has 3 nitrogen and oxygen atoms in total. The molecule has 0 aliphatic rings. The van der Waals surface area contributed by atoms with E-state index in [9.17, 15) is 27.1 Å². The van der Waals surface area contributed by atoms with Crippen LogP contribution >= 0.6 is 11.3 Å². The summed E-state index contributed by atoms with van der Waals surface area (Å²) in [5.74, 6) is -1.72. The zero-order valence-electron chi connectivity index (χ0n) is 17.7. The number of hydrogen-bond acceptors (Lipinski definition) is 3. The first-order valence-corrected chi connectivity index (χ1v) is 11.2. The largest absolute Gasteiger partial charge is 0.508 e. The summed E-state index contributed by atoms with van der Waals surface area (Å²) >= 11 is 1.36. The highest BCUT2D eigenvalue weighted by molar-refractivity contribution is 7.13. The van der Waals surface area contributed by atoms with Crippen LogP contribution in [0.5, 0.6) is 5.75 Å². The van der Waals surface area contributed by atoms with Gasteiger partial charge in [0.25, 0.3) is 0 Å². The van der Waals surface area contributed by atoms with Crippen molar-refractivity contribution in [1.29, 1.82) is 0 Å². The standard InChI is InChI=1S/C25H19F5N2OS/c26-21-10-5-18(13-22(21)27)23-15-34-24(31-23)32(12-11-16-3-8-20(33)9-4-16)14-17-1-6-19(7-2-17)25(28,29)30/h1-10,13,15,33H,11-12,14H2/p+1. The van der Waals surface area contributed by atoms with Gasteiger partial charge in [0.2, 0.25) is 0 Å². The fourth-order valence-electron chi connectivity index (χ4n) is 3.44. The Hall–Kier alpha value is -3.46. The number of anilines is 1. The van der Waals surface area contributed by atoms with Crippen LogP contribution in [-0.2, 0) is 19.1 Å². The van der Waals surface area contributed by atoms with E-state index >= 15 is 0 Å². The summed E-state index contributed by atoms with van der Waals surface area (Å²) in [5.41, 5.74) is 2.04. The van der Waals surface area contributed by atoms with Gasteiger partial charge in [0.1, 0.15) is 18.0 Å². The quantitative estimate of drug-likeness (QED) is 0.301. The van der Waals surface area contributed by atoms with Gasteiger partial charge in [-0.2, -0.15) is 13.2 Å². The molecule has 0 saturated carbocycles. The van der Waals surface area contributed by atoms with Crippen molar-refractivity contribution in [1.82, 2.24) is 0 Å². The average Bonchev–Trinajstić information content (AvgIpc) is 3.29. The Morgan fingerprint density at radius 1 is 0.853 bits per heavy atom. The molecule has 0 bridgehead atoms. The van der Waals surface area contributed by atoms with Crippen molar-refractivity contribution in [2.45, 2.75) is 19.1 Å². The SMILES string of the molecule is Oc1ccc(CCN(Cc2ccc(C(F)(F)F)cc2)c2[nH+]c(-c3ccc(F)c(F)c3)cs2)cc1. The molecule has 34 heavy (non-hydrogen) atoms. The number of aromatic amines is 1. The molecule has 0 fully saturated rings. The lowest BCUT2D eigenvalue weighted by Gasteiger charge is -2.16. The van der Waals surface area contributed by atoms with Crippen LogP contribution in [0.4, 0.5) is 27.1 Å². The third-order valence-electron chi connectivity index (χ3n) is 5.31. The number of hydrogen-bond donors (Lipinski definition) is 1. The molecule has 9 heteroatoms. The average molecular weight is 492 g/mol. The second kappa shape index (κ2) is 9.80. The number of H-pyrrole nitrogens is 1. The lowest BCUT2D eigenvalue weighted by atomic mass is 10.1. The summed E-state index contributed by atoms with van der Waals surface area (Å²) in [6.45, 7) is 0.866. The van der Waals surface area contributed by atoms with Crippen LogP contribution in [0.2, 0.25) is 0 Å². The number of rotatable bonds is 7. The van der Waals surface area contributed by atoms with Crippen LogP contribution in [0.3, 0.4) is 0 Å². The molecule has 0 spiro atoms. The van der Waals surface area contributed by atoms with Gasteiger partial charge in [0.05, 0.1) is 12.1 Å². The van der Waals surface area contributed by atoms with E-state index in [1.165, 1.54) is 29.5 Å². The molecule has 3 aromatic carbocycles. The molecular weight excluding hydrogens is 471 g/mol. The third-order valence-corrected chi connectivity index (χ3v) is 6.25. The Balaban J connectivity index is 1.58. The summed E-state index contributed by atoms with van der Waals surface area (Å²) in [7, 11) is 0. The molecule has 0 unspecified atom stereocenters. The van der Waals surface area contributed by atoms with Gasteiger partial charge in [0.15, 0.2) is 11.6 Å². The van der Waals surface area contributed by atoms with E-state index in [0.29, 0.717) is 36.3 Å². The van der Waals surface area contributed by atoms with Gasteiger partial charge < -0.3 is 5.11 Å². The first-order chi connectivity index (χ1) is 16.2. The van der Waals surface area contributed by atoms with Crippen LogP contribution in [0.25, 0.3) is 11.3 Å². The van der Waals surface area contributed by atoms with Gasteiger partial charge >= 0.3 is 11.3 Å². The van der Waals surface area contributed by atoms with Crippen LogP contribution in [0, 0.1) is 11.6 Å². The number of phenolic OH excluding ortho intramolecular Hbond substituents is 1. The summed E-state index contributed by atoms with van der Waals surface area (Å²) in [5, 5.41) is 12.0. The molecule has 4 aromatic rings. The van der Waals surface area contributed by atoms with E-state index in [1.54, 1.807) is 29.6 Å². The van der Waals surface area contributed by atoms with E-state index in [0.717, 1.165) is 35.0 Å². The second-order valence-corrected chi connectivity index (χ2v) is 8.60. The Morgan fingerprint density at radius 3 is 2.18 bits per heavy atom. The van der Waals surface area contributed by atoms with Crippen molar-refractivity contribution < 1.29 is 32.0 Å². The van der Waals surface area contributed by atoms with Gasteiger partial charge in [-0.25, -0.2) is 18.7 Å². The Bertz CT molecular complexity index is 1250. The highest BCUT2D eigenvalue weighted by Gasteiger charge is 2.30. The molecule has 0 aliphatic heterocycles. The highest BCUT2D eigenvalue weighted by atomic mass is 32.1. The van der Waals surface area contributed by atoms with E-state index in [-0.39, 0.29) is 5.75 Å². The van der Waals surface area contributed by atoms with E-state index in [1.807, 2.05) is 4.90 Å². The van der Waals surface area contributed by atoms with Gasteiger partial charge in [-0.3, -0.25) is 0 Å². The molecule has 1 heterocycles. The molecule has 176 valence electrons. The van der Waals surface area contributed by atoms with Crippen molar-refractivity contribution in [3.8, 4) is 17.0 Å². The lowest BCUT2D eigenvalue weighted by Crippen LogP contribution is -2.29. The molecule has 0 radical (unpaired) electrons. The molecule has 0 atom stereocenters. The number of aromatic hydroxyl groups is 1. The predicted molar refractivity (Wildman–Crippen MR) is 121 cm³/mol. The van der Waals surface area contributed by atoms with E-state index < -0.39 is 23.4 Å². The van der Waals surface area contributed by atoms with Crippen LogP contribution in [0.15, 0.2) is 72.1 Å². The first kappa shape index (κ1) is 23.7. The van der Waals surface area contributed by atoms with Crippen LogP contribution in [0.1, 0.15) is 16.7 Å². The van der Waals surface area contributed by atoms with Gasteiger partial charge in [-0.1, -0.05) is 35.6 Å². The molecular formula is C25H20F5N2OS+. The maximum Gasteiger partial charge on any atom is 0.416 e. The van der Waals surface area contributed by atoms with Crippen molar-refractivity contribution in [3.05, 3.63) is 100 Å². The zero-order chi connectivity index (χ0) is 24.3. The summed E-state index contributed by atoms with van der Waals surface area (Å²) in [4.78, 5) is 5.19. The predicted octanol–water partition coefficient (Wildman–Crippen LogP) is 6.48. The van der Waals surface area contributed by atoms with E-state index in [2.05, 4.69) is 4.98 Å². The van der Waals surface area contributed by atoms with Gasteiger partial charge in [-0.05, 0) is 53.6 Å². The topological polar surface area (TPSA) is 37.6 Å². The van der Waals surface area contributed by atoms with Gasteiger partial charge in [0, 0.05) is 17.4 Å². The number of alkyl halides is 3. The minimum atomic E-state index is -4.40. The zero-order valence-corrected chi connectivity index (χ0v) is 18.6. The molecule has 2 N–H and O–H groups in total. The Morgan fingerprint density at radius 2 is 1.53 bits per heavy atom. The monoisotopic (exact) mass is 491 g/mol. The number of halogens is 5. The first-order valence-electron chi connectivity index (χ1n) is 10.3.